The highest BCUT2D eigenvalue weighted by Crippen LogP contribution is 2.16. The SMILES string of the molecule is CCNC(=O)C(C)N(Cc1cccc(Br)c1)C(=O)Cc1cccc(C)c1. The van der Waals surface area contributed by atoms with Crippen molar-refractivity contribution in [3.05, 3.63) is 69.7 Å². The van der Waals surface area contributed by atoms with Crippen molar-refractivity contribution in [2.75, 3.05) is 6.54 Å². The maximum Gasteiger partial charge on any atom is 0.242 e. The van der Waals surface area contributed by atoms with Crippen LogP contribution in [0.3, 0.4) is 0 Å². The molecule has 26 heavy (non-hydrogen) atoms. The number of halogens is 1. The zero-order chi connectivity index (χ0) is 19.1. The molecule has 0 fully saturated rings. The standard InChI is InChI=1S/C21H25BrN2O2/c1-4-23-21(26)16(3)24(14-18-9-6-10-19(22)12-18)20(25)13-17-8-5-7-15(2)11-17/h5-12,16H,4,13-14H2,1-3H3,(H,23,26). The first-order valence-corrected chi connectivity index (χ1v) is 9.57. The summed E-state index contributed by atoms with van der Waals surface area (Å²) in [6.07, 6.45) is 0.277. The van der Waals surface area contributed by atoms with Gasteiger partial charge in [0.25, 0.3) is 0 Å². The van der Waals surface area contributed by atoms with Crippen molar-refractivity contribution >= 4 is 27.7 Å². The Bertz CT molecular complexity index is 776. The van der Waals surface area contributed by atoms with Crippen LogP contribution in [0.5, 0.6) is 0 Å². The molecule has 2 amide bonds. The summed E-state index contributed by atoms with van der Waals surface area (Å²) < 4.78 is 0.951. The normalized spacial score (nSPS) is 11.7. The average molecular weight is 417 g/mol. The largest absolute Gasteiger partial charge is 0.355 e. The first kappa shape index (κ1) is 20.2. The van der Waals surface area contributed by atoms with E-state index in [1.165, 1.54) is 0 Å². The minimum atomic E-state index is -0.536. The lowest BCUT2D eigenvalue weighted by Crippen LogP contribution is -2.48. The molecule has 4 nitrogen and oxygen atoms in total. The Morgan fingerprint density at radius 1 is 1.12 bits per heavy atom. The van der Waals surface area contributed by atoms with Crippen LogP contribution < -0.4 is 5.32 Å². The van der Waals surface area contributed by atoms with E-state index in [4.69, 9.17) is 0 Å². The lowest BCUT2D eigenvalue weighted by atomic mass is 10.1. The van der Waals surface area contributed by atoms with Gasteiger partial charge in [0.05, 0.1) is 6.42 Å². The number of aryl methyl sites for hydroxylation is 1. The van der Waals surface area contributed by atoms with Crippen LogP contribution in [-0.4, -0.2) is 29.3 Å². The molecule has 0 bridgehead atoms. The number of hydrogen-bond donors (Lipinski definition) is 1. The maximum absolute atomic E-state index is 13.0. The van der Waals surface area contributed by atoms with E-state index < -0.39 is 6.04 Å². The Morgan fingerprint density at radius 3 is 2.46 bits per heavy atom. The van der Waals surface area contributed by atoms with Crippen LogP contribution in [0.1, 0.15) is 30.5 Å². The van der Waals surface area contributed by atoms with E-state index in [1.807, 2.05) is 62.4 Å². The molecular weight excluding hydrogens is 392 g/mol. The number of nitrogens with one attached hydrogen (secondary N) is 1. The van der Waals surface area contributed by atoms with Gasteiger partial charge in [-0.3, -0.25) is 9.59 Å². The molecule has 2 rings (SSSR count). The van der Waals surface area contributed by atoms with Crippen molar-refractivity contribution in [3.63, 3.8) is 0 Å². The van der Waals surface area contributed by atoms with Gasteiger partial charge < -0.3 is 10.2 Å². The number of rotatable bonds is 7. The summed E-state index contributed by atoms with van der Waals surface area (Å²) in [7, 11) is 0. The molecule has 1 N–H and O–H groups in total. The summed E-state index contributed by atoms with van der Waals surface area (Å²) in [5.41, 5.74) is 3.05. The van der Waals surface area contributed by atoms with Gasteiger partial charge in [0.2, 0.25) is 11.8 Å². The van der Waals surface area contributed by atoms with E-state index in [-0.39, 0.29) is 18.2 Å². The molecule has 0 saturated carbocycles. The summed E-state index contributed by atoms with van der Waals surface area (Å²) in [5, 5.41) is 2.81. The maximum atomic E-state index is 13.0. The Kier molecular flexibility index (Phi) is 7.39. The quantitative estimate of drug-likeness (QED) is 0.744. The zero-order valence-electron chi connectivity index (χ0n) is 15.5. The van der Waals surface area contributed by atoms with Gasteiger partial charge in [0, 0.05) is 17.6 Å². The summed E-state index contributed by atoms with van der Waals surface area (Å²) in [6.45, 7) is 6.59. The zero-order valence-corrected chi connectivity index (χ0v) is 17.0. The van der Waals surface area contributed by atoms with E-state index in [1.54, 1.807) is 11.8 Å². The molecule has 1 atom stereocenters. The second-order valence-corrected chi connectivity index (χ2v) is 7.30. The fourth-order valence-electron chi connectivity index (χ4n) is 2.83. The second kappa shape index (κ2) is 9.53. The number of benzene rings is 2. The number of amides is 2. The third-order valence-electron chi connectivity index (χ3n) is 4.20. The molecule has 5 heteroatoms. The molecule has 0 aromatic heterocycles. The van der Waals surface area contributed by atoms with E-state index >= 15 is 0 Å². The summed E-state index contributed by atoms with van der Waals surface area (Å²) in [6, 6.07) is 15.2. The fraction of sp³-hybridized carbons (Fsp3) is 0.333. The van der Waals surface area contributed by atoms with Crippen molar-refractivity contribution in [2.45, 2.75) is 39.8 Å². The van der Waals surface area contributed by atoms with E-state index in [9.17, 15) is 9.59 Å². The van der Waals surface area contributed by atoms with E-state index in [0.717, 1.165) is 21.2 Å². The van der Waals surface area contributed by atoms with Crippen LogP contribution in [0.2, 0.25) is 0 Å². The minimum Gasteiger partial charge on any atom is -0.355 e. The molecule has 138 valence electrons. The minimum absolute atomic E-state index is 0.0608. The van der Waals surface area contributed by atoms with Gasteiger partial charge in [-0.15, -0.1) is 0 Å². The van der Waals surface area contributed by atoms with Crippen LogP contribution >= 0.6 is 15.9 Å². The molecule has 2 aromatic rings. The van der Waals surface area contributed by atoms with Crippen LogP contribution in [0, 0.1) is 6.92 Å². The molecule has 0 spiro atoms. The van der Waals surface area contributed by atoms with Crippen molar-refractivity contribution < 1.29 is 9.59 Å². The number of hydrogen-bond acceptors (Lipinski definition) is 2. The number of nitrogens with zero attached hydrogens (tertiary/aromatic N) is 1. The van der Waals surface area contributed by atoms with Crippen LogP contribution in [-0.2, 0) is 22.6 Å². The molecule has 0 aliphatic rings. The van der Waals surface area contributed by atoms with Gasteiger partial charge in [-0.1, -0.05) is 57.9 Å². The lowest BCUT2D eigenvalue weighted by Gasteiger charge is -2.29. The van der Waals surface area contributed by atoms with Crippen LogP contribution in [0.4, 0.5) is 0 Å². The highest BCUT2D eigenvalue weighted by atomic mass is 79.9. The van der Waals surface area contributed by atoms with Crippen molar-refractivity contribution in [1.29, 1.82) is 0 Å². The fourth-order valence-corrected chi connectivity index (χ4v) is 3.28. The molecule has 0 aliphatic carbocycles. The summed E-state index contributed by atoms with van der Waals surface area (Å²) in [4.78, 5) is 27.0. The van der Waals surface area contributed by atoms with Gasteiger partial charge in [-0.25, -0.2) is 0 Å². The predicted octanol–water partition coefficient (Wildman–Crippen LogP) is 3.85. The Morgan fingerprint density at radius 2 is 1.81 bits per heavy atom. The molecular formula is C21H25BrN2O2. The number of carbonyl (C=O) groups excluding carboxylic acids is 2. The van der Waals surface area contributed by atoms with E-state index in [2.05, 4.69) is 21.2 Å². The Labute approximate surface area is 163 Å². The van der Waals surface area contributed by atoms with Crippen molar-refractivity contribution in [1.82, 2.24) is 10.2 Å². The van der Waals surface area contributed by atoms with Crippen LogP contribution in [0.25, 0.3) is 0 Å². The van der Waals surface area contributed by atoms with Gasteiger partial charge >= 0.3 is 0 Å². The Hall–Kier alpha value is -2.14. The molecule has 1 unspecified atom stereocenters. The summed E-state index contributed by atoms with van der Waals surface area (Å²) >= 11 is 3.46. The molecule has 0 saturated heterocycles. The van der Waals surface area contributed by atoms with Gasteiger partial charge in [0.15, 0.2) is 0 Å². The van der Waals surface area contributed by atoms with E-state index in [0.29, 0.717) is 13.1 Å². The number of likely N-dealkylation sites (N-methyl/N-ethyl adjacent to an activating group) is 1. The topological polar surface area (TPSA) is 49.4 Å². The highest BCUT2D eigenvalue weighted by Gasteiger charge is 2.25. The first-order valence-electron chi connectivity index (χ1n) is 8.78. The second-order valence-electron chi connectivity index (χ2n) is 6.39. The highest BCUT2D eigenvalue weighted by molar-refractivity contribution is 9.10. The monoisotopic (exact) mass is 416 g/mol. The predicted molar refractivity (Wildman–Crippen MR) is 108 cm³/mol. The van der Waals surface area contributed by atoms with Crippen molar-refractivity contribution in [2.24, 2.45) is 0 Å². The molecule has 0 radical (unpaired) electrons. The smallest absolute Gasteiger partial charge is 0.242 e. The molecule has 2 aromatic carbocycles. The third-order valence-corrected chi connectivity index (χ3v) is 4.69. The lowest BCUT2D eigenvalue weighted by molar-refractivity contribution is -0.140. The average Bonchev–Trinajstić information content (AvgIpc) is 2.59. The summed E-state index contributed by atoms with van der Waals surface area (Å²) in [5.74, 6) is -0.200. The molecule has 0 heterocycles. The Balaban J connectivity index is 2.23. The van der Waals surface area contributed by atoms with Gasteiger partial charge in [0.1, 0.15) is 6.04 Å². The van der Waals surface area contributed by atoms with Gasteiger partial charge in [-0.05, 0) is 44.0 Å². The van der Waals surface area contributed by atoms with Crippen LogP contribution in [0.15, 0.2) is 53.0 Å². The third kappa shape index (κ3) is 5.70. The van der Waals surface area contributed by atoms with Gasteiger partial charge in [-0.2, -0.15) is 0 Å². The van der Waals surface area contributed by atoms with Crippen molar-refractivity contribution in [3.8, 4) is 0 Å². The number of carbonyl (C=O) groups is 2. The molecule has 0 aliphatic heterocycles. The first-order chi connectivity index (χ1) is 12.4.